The number of hydrogen-bond donors (Lipinski definition) is 1. The molecule has 0 spiro atoms. The van der Waals surface area contributed by atoms with Crippen molar-refractivity contribution < 1.29 is 4.74 Å². The van der Waals surface area contributed by atoms with Gasteiger partial charge in [-0.1, -0.05) is 50.2 Å². The first-order valence-electron chi connectivity index (χ1n) is 7.64. The Balaban J connectivity index is 2.21. The Hall–Kier alpha value is -1.96. The molecule has 0 amide bonds. The molecule has 0 saturated carbocycles. The number of rotatable bonds is 6. The van der Waals surface area contributed by atoms with Crippen molar-refractivity contribution in [3.8, 4) is 5.75 Å². The van der Waals surface area contributed by atoms with E-state index in [1.807, 2.05) is 31.2 Å². The summed E-state index contributed by atoms with van der Waals surface area (Å²) in [7, 11) is 0. The second-order valence-corrected chi connectivity index (χ2v) is 5.96. The van der Waals surface area contributed by atoms with Crippen molar-refractivity contribution in [1.29, 1.82) is 0 Å². The molecule has 21 heavy (non-hydrogen) atoms. The van der Waals surface area contributed by atoms with Gasteiger partial charge in [0.1, 0.15) is 11.9 Å². The lowest BCUT2D eigenvalue weighted by molar-refractivity contribution is 0.184. The van der Waals surface area contributed by atoms with Crippen LogP contribution in [0.5, 0.6) is 5.75 Å². The molecular formula is C19H25NO. The van der Waals surface area contributed by atoms with E-state index in [0.717, 1.165) is 29.8 Å². The Kier molecular flexibility index (Phi) is 5.26. The van der Waals surface area contributed by atoms with Crippen LogP contribution in [0, 0.1) is 12.8 Å². The number of nitrogen functional groups attached to an aromatic ring is 1. The summed E-state index contributed by atoms with van der Waals surface area (Å²) in [5.74, 6) is 1.55. The SMILES string of the molecule is Cc1c(N)cccc1OC(CCC(C)C)c1ccccc1. The zero-order chi connectivity index (χ0) is 15.2. The first-order chi connectivity index (χ1) is 10.1. The monoisotopic (exact) mass is 283 g/mol. The molecule has 112 valence electrons. The average molecular weight is 283 g/mol. The molecule has 1 unspecified atom stereocenters. The van der Waals surface area contributed by atoms with Gasteiger partial charge in [-0.05, 0) is 43.4 Å². The van der Waals surface area contributed by atoms with Crippen molar-refractivity contribution in [2.24, 2.45) is 5.92 Å². The van der Waals surface area contributed by atoms with Crippen molar-refractivity contribution in [3.63, 3.8) is 0 Å². The molecule has 2 aromatic rings. The highest BCUT2D eigenvalue weighted by atomic mass is 16.5. The molecule has 1 atom stereocenters. The van der Waals surface area contributed by atoms with Crippen LogP contribution in [0.3, 0.4) is 0 Å². The third kappa shape index (κ3) is 4.25. The van der Waals surface area contributed by atoms with Gasteiger partial charge < -0.3 is 10.5 Å². The lowest BCUT2D eigenvalue weighted by Crippen LogP contribution is -2.10. The molecule has 0 aliphatic heterocycles. The van der Waals surface area contributed by atoms with Crippen LogP contribution in [-0.2, 0) is 0 Å². The van der Waals surface area contributed by atoms with Crippen LogP contribution in [-0.4, -0.2) is 0 Å². The van der Waals surface area contributed by atoms with Crippen molar-refractivity contribution in [1.82, 2.24) is 0 Å². The molecule has 0 saturated heterocycles. The Morgan fingerprint density at radius 1 is 0.952 bits per heavy atom. The Bertz CT molecular complexity index is 563. The molecule has 0 radical (unpaired) electrons. The van der Waals surface area contributed by atoms with E-state index in [1.165, 1.54) is 5.56 Å². The van der Waals surface area contributed by atoms with Gasteiger partial charge >= 0.3 is 0 Å². The summed E-state index contributed by atoms with van der Waals surface area (Å²) in [6.45, 7) is 6.50. The second-order valence-electron chi connectivity index (χ2n) is 5.96. The van der Waals surface area contributed by atoms with E-state index < -0.39 is 0 Å². The maximum absolute atomic E-state index is 6.28. The molecular weight excluding hydrogens is 258 g/mol. The molecule has 0 bridgehead atoms. The maximum atomic E-state index is 6.28. The van der Waals surface area contributed by atoms with Gasteiger partial charge in [-0.15, -0.1) is 0 Å². The molecule has 2 aromatic carbocycles. The van der Waals surface area contributed by atoms with E-state index in [2.05, 4.69) is 38.1 Å². The summed E-state index contributed by atoms with van der Waals surface area (Å²) in [4.78, 5) is 0. The highest BCUT2D eigenvalue weighted by Gasteiger charge is 2.15. The van der Waals surface area contributed by atoms with E-state index in [0.29, 0.717) is 5.92 Å². The van der Waals surface area contributed by atoms with Gasteiger partial charge in [0.2, 0.25) is 0 Å². The molecule has 2 N–H and O–H groups in total. The fraction of sp³-hybridized carbons (Fsp3) is 0.368. The van der Waals surface area contributed by atoms with Gasteiger partial charge in [0.25, 0.3) is 0 Å². The van der Waals surface area contributed by atoms with Gasteiger partial charge in [0.15, 0.2) is 0 Å². The topological polar surface area (TPSA) is 35.2 Å². The molecule has 0 heterocycles. The number of hydrogen-bond acceptors (Lipinski definition) is 2. The van der Waals surface area contributed by atoms with Gasteiger partial charge in [-0.25, -0.2) is 0 Å². The summed E-state index contributed by atoms with van der Waals surface area (Å²) in [6.07, 6.45) is 2.23. The zero-order valence-electron chi connectivity index (χ0n) is 13.2. The van der Waals surface area contributed by atoms with Crippen molar-refractivity contribution in [2.75, 3.05) is 5.73 Å². The number of ether oxygens (including phenoxy) is 1. The van der Waals surface area contributed by atoms with Crippen LogP contribution in [0.25, 0.3) is 0 Å². The fourth-order valence-corrected chi connectivity index (χ4v) is 2.36. The maximum Gasteiger partial charge on any atom is 0.125 e. The number of nitrogens with two attached hydrogens (primary N) is 1. The van der Waals surface area contributed by atoms with E-state index in [1.54, 1.807) is 0 Å². The fourth-order valence-electron chi connectivity index (χ4n) is 2.36. The summed E-state index contributed by atoms with van der Waals surface area (Å²) in [5.41, 5.74) is 9.00. The van der Waals surface area contributed by atoms with E-state index in [-0.39, 0.29) is 6.10 Å². The van der Waals surface area contributed by atoms with Crippen molar-refractivity contribution in [3.05, 3.63) is 59.7 Å². The summed E-state index contributed by atoms with van der Waals surface area (Å²) < 4.78 is 6.28. The quantitative estimate of drug-likeness (QED) is 0.745. The van der Waals surface area contributed by atoms with Gasteiger partial charge in [-0.2, -0.15) is 0 Å². The second kappa shape index (κ2) is 7.16. The first-order valence-corrected chi connectivity index (χ1v) is 7.64. The minimum Gasteiger partial charge on any atom is -0.485 e. The van der Waals surface area contributed by atoms with E-state index in [9.17, 15) is 0 Å². The molecule has 0 fully saturated rings. The largest absolute Gasteiger partial charge is 0.485 e. The summed E-state index contributed by atoms with van der Waals surface area (Å²) in [6, 6.07) is 16.3. The third-order valence-corrected chi connectivity index (χ3v) is 3.77. The van der Waals surface area contributed by atoms with Crippen LogP contribution in [0.15, 0.2) is 48.5 Å². The predicted molar refractivity (Wildman–Crippen MR) is 89.5 cm³/mol. The van der Waals surface area contributed by atoms with E-state index >= 15 is 0 Å². The third-order valence-electron chi connectivity index (χ3n) is 3.77. The normalized spacial score (nSPS) is 12.4. The van der Waals surface area contributed by atoms with Crippen LogP contribution in [0.1, 0.15) is 43.9 Å². The van der Waals surface area contributed by atoms with Crippen LogP contribution < -0.4 is 10.5 Å². The first kappa shape index (κ1) is 15.4. The average Bonchev–Trinajstić information content (AvgIpc) is 2.48. The van der Waals surface area contributed by atoms with Crippen LogP contribution in [0.4, 0.5) is 5.69 Å². The van der Waals surface area contributed by atoms with Gasteiger partial charge in [0.05, 0.1) is 0 Å². The van der Waals surface area contributed by atoms with Crippen molar-refractivity contribution >= 4 is 5.69 Å². The van der Waals surface area contributed by atoms with E-state index in [4.69, 9.17) is 10.5 Å². The summed E-state index contributed by atoms with van der Waals surface area (Å²) >= 11 is 0. The Morgan fingerprint density at radius 3 is 2.33 bits per heavy atom. The van der Waals surface area contributed by atoms with Gasteiger partial charge in [-0.3, -0.25) is 0 Å². The lowest BCUT2D eigenvalue weighted by atomic mass is 9.99. The molecule has 2 heteroatoms. The molecule has 0 aliphatic carbocycles. The summed E-state index contributed by atoms with van der Waals surface area (Å²) in [5, 5.41) is 0. The predicted octanol–water partition coefficient (Wildman–Crippen LogP) is 5.13. The standard InChI is InChI=1S/C19H25NO/c1-14(2)12-13-19(16-8-5-4-6-9-16)21-18-11-7-10-17(20)15(18)3/h4-11,14,19H,12-13,20H2,1-3H3. The highest BCUT2D eigenvalue weighted by molar-refractivity contribution is 5.53. The van der Waals surface area contributed by atoms with Crippen molar-refractivity contribution in [2.45, 2.75) is 39.7 Å². The molecule has 0 aliphatic rings. The lowest BCUT2D eigenvalue weighted by Gasteiger charge is -2.22. The van der Waals surface area contributed by atoms with Crippen LogP contribution in [0.2, 0.25) is 0 Å². The minimum absolute atomic E-state index is 0.0779. The molecule has 2 nitrogen and oxygen atoms in total. The highest BCUT2D eigenvalue weighted by Crippen LogP contribution is 2.31. The zero-order valence-corrected chi connectivity index (χ0v) is 13.2. The van der Waals surface area contributed by atoms with Crippen LogP contribution >= 0.6 is 0 Å². The molecule has 2 rings (SSSR count). The van der Waals surface area contributed by atoms with Gasteiger partial charge in [0, 0.05) is 11.3 Å². The smallest absolute Gasteiger partial charge is 0.125 e. The minimum atomic E-state index is 0.0779. The number of benzene rings is 2. The molecule has 0 aromatic heterocycles. The Labute approximate surface area is 127 Å². The number of anilines is 1. The Morgan fingerprint density at radius 2 is 1.67 bits per heavy atom.